The van der Waals surface area contributed by atoms with Crippen molar-refractivity contribution < 1.29 is 98.1 Å². The van der Waals surface area contributed by atoms with Crippen molar-refractivity contribution in [3.05, 3.63) is 484 Å². The van der Waals surface area contributed by atoms with E-state index in [1.165, 1.54) is 38.9 Å². The molecule has 0 aliphatic heterocycles. The van der Waals surface area contributed by atoms with Crippen molar-refractivity contribution in [3.63, 3.8) is 0 Å². The van der Waals surface area contributed by atoms with E-state index in [0.29, 0.717) is 0 Å². The maximum atomic E-state index is 6.13. The van der Waals surface area contributed by atoms with E-state index < -0.39 is 0 Å². The molecule has 12 aromatic carbocycles. The summed E-state index contributed by atoms with van der Waals surface area (Å²) in [5, 5.41) is 8.90. The monoisotopic (exact) mass is 2470 g/mol. The van der Waals surface area contributed by atoms with Gasteiger partial charge in [-0.1, -0.05) is 264 Å². The number of aryl methyl sites for hydroxylation is 5. The van der Waals surface area contributed by atoms with Gasteiger partial charge < -0.3 is 47.6 Å². The van der Waals surface area contributed by atoms with Gasteiger partial charge in [0.15, 0.2) is 0 Å². The van der Waals surface area contributed by atoms with Gasteiger partial charge in [-0.05, 0) is 151 Å². The first-order chi connectivity index (χ1) is 63.8. The molecule has 0 saturated heterocycles. The minimum absolute atomic E-state index is 0. The summed E-state index contributed by atoms with van der Waals surface area (Å²) in [6.45, 7) is 35.7. The Morgan fingerprint density at radius 3 is 0.852 bits per heavy atom. The number of nitrogens with zero attached hydrogens (tertiary/aromatic N) is 6. The molecule has 10 nitrogen and oxygen atoms in total. The third kappa shape index (κ3) is 26.3. The van der Waals surface area contributed by atoms with E-state index in [-0.39, 0.29) is 80.4 Å². The molecular weight excluding hydrogens is 2370 g/mol. The van der Waals surface area contributed by atoms with Crippen LogP contribution in [0.5, 0.6) is 0 Å². The Kier molecular flexibility index (Phi) is 37.0. The molecule has 0 bridgehead atoms. The normalized spacial score (nSPS) is 10.7. The van der Waals surface area contributed by atoms with Crippen LogP contribution in [0.3, 0.4) is 0 Å². The largest absolute Gasteiger partial charge is 3.00 e. The van der Waals surface area contributed by atoms with Gasteiger partial charge in [-0.25, -0.2) is 48.3 Å². The molecule has 2 radical (unpaired) electrons. The molecule has 0 spiro atoms. The van der Waals surface area contributed by atoms with Crippen LogP contribution in [0, 0.1) is 98.0 Å². The predicted molar refractivity (Wildman–Crippen MR) is 540 cm³/mol. The molecule has 0 fully saturated rings. The molecule has 22 aromatic rings. The van der Waals surface area contributed by atoms with Crippen molar-refractivity contribution in [1.29, 1.82) is 0 Å². The van der Waals surface area contributed by atoms with Crippen molar-refractivity contribution in [2.75, 3.05) is 0 Å². The number of hydrogen-bond acceptors (Lipinski definition) is 10. The van der Waals surface area contributed by atoms with Gasteiger partial charge in [-0.15, -0.1) is 145 Å². The Bertz CT molecular complexity index is 7490. The Morgan fingerprint density at radius 2 is 0.563 bits per heavy atom. The molecule has 0 unspecified atom stereocenters. The van der Waals surface area contributed by atoms with E-state index in [4.69, 9.17) is 30.8 Å². The van der Waals surface area contributed by atoms with E-state index in [9.17, 15) is 0 Å². The third-order valence-electron chi connectivity index (χ3n) is 21.0. The van der Waals surface area contributed by atoms with Crippen LogP contribution in [0.2, 0.25) is 0 Å². The van der Waals surface area contributed by atoms with Gasteiger partial charge in [0.1, 0.15) is 22.3 Å². The SMILES string of the molecule is Cc1ccc(-c2[c-]cccc2)nc1.Cc1ccc(-c2[c-]cccc2)nc1.Cc1ccc(-c2ccnc(-c3[c-]ccc4c3oc3ccccc34)c2)cc1.Cc1ccnc(-c2[c-]ccc3c2oc2ccccc23)c1.Cc1ccnc(-c2[c-]ccc3c2oc2ccccc23)c1.[CH-]=C(C)C=C([CH2-])C.[CH-]=C(C)C=C([CH2-])C.[Ir+3].[Ir+3].[Ir].[Ir].[c-]1ccc2c(oc3ccccc32)c1-c1cc(-c2ccccc2)ccn1. The van der Waals surface area contributed by atoms with Crippen LogP contribution in [0.25, 0.3) is 178 Å². The molecule has 14 heteroatoms. The second-order valence-electron chi connectivity index (χ2n) is 31.8. The van der Waals surface area contributed by atoms with E-state index in [2.05, 4.69) is 204 Å². The summed E-state index contributed by atoms with van der Waals surface area (Å²) in [7, 11) is 0. The smallest absolute Gasteiger partial charge is 0.501 e. The zero-order chi connectivity index (χ0) is 91.1. The van der Waals surface area contributed by atoms with E-state index in [0.717, 1.165) is 189 Å². The molecule has 672 valence electrons. The molecule has 0 N–H and O–H groups in total. The Labute approximate surface area is 844 Å². The van der Waals surface area contributed by atoms with Gasteiger partial charge in [-0.3, -0.25) is 13.2 Å². The van der Waals surface area contributed by atoms with Gasteiger partial charge in [0.05, 0.1) is 22.3 Å². The molecule has 0 atom stereocenters. The van der Waals surface area contributed by atoms with Crippen LogP contribution in [-0.2, 0) is 80.4 Å². The number of benzene rings is 12. The number of hydrogen-bond donors (Lipinski definition) is 0. The van der Waals surface area contributed by atoms with Gasteiger partial charge in [0, 0.05) is 98.9 Å². The number of pyridine rings is 6. The summed E-state index contributed by atoms with van der Waals surface area (Å²) in [5.41, 5.74) is 32.4. The van der Waals surface area contributed by atoms with Crippen molar-refractivity contribution in [3.8, 4) is 89.8 Å². The standard InChI is InChI=1S/C24H16NO.C23H14NO.2C18H12NO.2C12H10N.2C7H10.4Ir/c1-16-9-11-17(12-10-16)18-13-14-25-22(15-18)21-7-4-6-20-19-5-2-3-8-23(19)26-24(20)21;1-2-7-16(8-3-1)17-13-14-24-21(15-17)20-11-6-10-19-18-9-4-5-12-22(18)25-23(19)20;2*1-12-9-10-19-16(11-12)15-7-4-6-14-13-5-2-3-8-17(13)20-18(14)15;2*1-10-7-8-12(13-9-10)11-5-3-2-4-6-11;2*1-6(2)5-7(3)4;;;;/h2-6,8-15H,1H3;1-10,12-15H;2*2-6,8-11H,1H3;2*2-5,7-9H,1H3;2*1,5H,3H2,2,4H3;;;;/q6*-1;2*-2;;;2*+3. The Hall–Kier alpha value is -14.0. The van der Waals surface area contributed by atoms with Crippen LogP contribution in [0.4, 0.5) is 0 Å². The maximum absolute atomic E-state index is 6.13. The minimum Gasteiger partial charge on any atom is -0.501 e. The van der Waals surface area contributed by atoms with Gasteiger partial charge in [0.25, 0.3) is 0 Å². The Balaban J connectivity index is 0.000000153. The van der Waals surface area contributed by atoms with Crippen LogP contribution in [0.15, 0.2) is 411 Å². The number of aromatic nitrogens is 6. The summed E-state index contributed by atoms with van der Waals surface area (Å²) >= 11 is 0. The maximum Gasteiger partial charge on any atom is 3.00 e. The van der Waals surface area contributed by atoms with Gasteiger partial charge >= 0.3 is 40.2 Å². The van der Waals surface area contributed by atoms with E-state index in [1.54, 1.807) is 0 Å². The summed E-state index contributed by atoms with van der Waals surface area (Å²) in [4.78, 5) is 26.7. The molecule has 10 aromatic heterocycles. The first-order valence-electron chi connectivity index (χ1n) is 43.0. The molecule has 0 aliphatic carbocycles. The van der Waals surface area contributed by atoms with E-state index >= 15 is 0 Å². The minimum atomic E-state index is 0. The fourth-order valence-electron chi connectivity index (χ4n) is 14.9. The molecule has 22 rings (SSSR count). The van der Waals surface area contributed by atoms with Crippen LogP contribution >= 0.6 is 0 Å². The molecule has 0 saturated carbocycles. The van der Waals surface area contributed by atoms with Crippen molar-refractivity contribution in [1.82, 2.24) is 29.9 Å². The molecule has 0 amide bonds. The summed E-state index contributed by atoms with van der Waals surface area (Å²) in [6, 6.07) is 127. The summed E-state index contributed by atoms with van der Waals surface area (Å²) < 4.78 is 24.3. The zero-order valence-corrected chi connectivity index (χ0v) is 85.5. The van der Waals surface area contributed by atoms with Gasteiger partial charge in [-0.2, -0.15) is 0 Å². The topological polar surface area (TPSA) is 130 Å². The second kappa shape index (κ2) is 49.1. The Morgan fingerprint density at radius 1 is 0.267 bits per heavy atom. The zero-order valence-electron chi connectivity index (χ0n) is 75.9. The van der Waals surface area contributed by atoms with Gasteiger partial charge in [0.2, 0.25) is 0 Å². The van der Waals surface area contributed by atoms with E-state index in [1.807, 2.05) is 309 Å². The average molecular weight is 2460 g/mol. The number of allylic oxidation sites excluding steroid dienone is 6. The summed E-state index contributed by atoms with van der Waals surface area (Å²) in [5.74, 6) is 0. The quantitative estimate of drug-likeness (QED) is 0.0964. The molecule has 135 heavy (non-hydrogen) atoms. The van der Waals surface area contributed by atoms with Crippen LogP contribution in [0.1, 0.15) is 55.5 Å². The predicted octanol–water partition coefficient (Wildman–Crippen LogP) is 32.0. The van der Waals surface area contributed by atoms with Crippen molar-refractivity contribution >= 4 is 87.8 Å². The fraction of sp³-hybridized carbons (Fsp3) is 0.0744. The fourth-order valence-corrected chi connectivity index (χ4v) is 14.9. The second-order valence-corrected chi connectivity index (χ2v) is 31.8. The van der Waals surface area contributed by atoms with Crippen LogP contribution < -0.4 is 0 Å². The van der Waals surface area contributed by atoms with Crippen molar-refractivity contribution in [2.45, 2.75) is 62.3 Å². The third-order valence-corrected chi connectivity index (χ3v) is 21.0. The molecule has 0 aliphatic rings. The summed E-state index contributed by atoms with van der Waals surface area (Å²) in [6.07, 6.45) is 14.7. The number of furan rings is 4. The first-order valence-corrected chi connectivity index (χ1v) is 43.0. The number of fused-ring (bicyclic) bond motifs is 12. The number of para-hydroxylation sites is 4. The molecular formula is C121H94Ir4N6O4-4. The van der Waals surface area contributed by atoms with Crippen molar-refractivity contribution in [2.24, 2.45) is 0 Å². The first kappa shape index (κ1) is 102. The number of rotatable bonds is 10. The van der Waals surface area contributed by atoms with Crippen LogP contribution in [-0.4, -0.2) is 29.9 Å². The molecule has 10 heterocycles. The average Bonchev–Trinajstić information content (AvgIpc) is 1.64.